The lowest BCUT2D eigenvalue weighted by Gasteiger charge is -2.31. The third kappa shape index (κ3) is 4.10. The van der Waals surface area contributed by atoms with Crippen LogP contribution in [0.1, 0.15) is 49.4 Å². The molecule has 4 rings (SSSR count). The number of ether oxygens (including phenoxy) is 1. The highest BCUT2D eigenvalue weighted by molar-refractivity contribution is 7.91. The number of carbonyl (C=O) groups is 3. The minimum Gasteiger partial charge on any atom is -0.462 e. The lowest BCUT2D eigenvalue weighted by atomic mass is 10.1. The number of sulfonamides is 1. The summed E-state index contributed by atoms with van der Waals surface area (Å²) in [5.41, 5.74) is 0.606. The fourth-order valence-corrected chi connectivity index (χ4v) is 7.26. The fraction of sp³-hybridized carbons (Fsp3) is 0.409. The van der Waals surface area contributed by atoms with Gasteiger partial charge in [-0.1, -0.05) is 18.9 Å². The predicted molar refractivity (Wildman–Crippen MR) is 119 cm³/mol. The summed E-state index contributed by atoms with van der Waals surface area (Å²) >= 11 is 1.10. The topological polar surface area (TPSA) is 101 Å². The van der Waals surface area contributed by atoms with E-state index in [2.05, 4.69) is 0 Å². The zero-order chi connectivity index (χ0) is 22.9. The maximum Gasteiger partial charge on any atom is 0.338 e. The van der Waals surface area contributed by atoms with Crippen LogP contribution in [0.4, 0.5) is 5.69 Å². The number of thiophene rings is 1. The Hall–Kier alpha value is -2.56. The van der Waals surface area contributed by atoms with E-state index in [-0.39, 0.29) is 23.3 Å². The molecular weight excluding hydrogens is 452 g/mol. The average molecular weight is 477 g/mol. The van der Waals surface area contributed by atoms with Crippen LogP contribution in [0.5, 0.6) is 0 Å². The van der Waals surface area contributed by atoms with E-state index >= 15 is 0 Å². The van der Waals surface area contributed by atoms with Gasteiger partial charge in [-0.25, -0.2) is 18.1 Å². The van der Waals surface area contributed by atoms with Crippen LogP contribution in [0, 0.1) is 0 Å². The number of rotatable bonds is 7. The van der Waals surface area contributed by atoms with Crippen molar-refractivity contribution in [3.05, 3.63) is 47.3 Å². The van der Waals surface area contributed by atoms with Crippen molar-refractivity contribution in [3.63, 3.8) is 0 Å². The quantitative estimate of drug-likeness (QED) is 0.449. The standard InChI is InChI=1S/C22H24N2O6S2/c1-2-30-22(27)15-9-11-16(12-10-15)23-19(25)14-18(21(23)26)24(17-6-3-4-7-17)32(28,29)20-8-5-13-31-20/h5,8-13,17-18H,2-4,6-7,14H2,1H3. The molecule has 1 unspecified atom stereocenters. The first-order valence-electron chi connectivity index (χ1n) is 10.6. The van der Waals surface area contributed by atoms with Gasteiger partial charge in [-0.05, 0) is 55.5 Å². The molecule has 1 saturated carbocycles. The van der Waals surface area contributed by atoms with Gasteiger partial charge < -0.3 is 4.74 Å². The molecule has 2 fully saturated rings. The van der Waals surface area contributed by atoms with Gasteiger partial charge in [0.1, 0.15) is 10.3 Å². The molecule has 1 aromatic carbocycles. The first kappa shape index (κ1) is 22.6. The second-order valence-electron chi connectivity index (χ2n) is 7.76. The number of anilines is 1. The van der Waals surface area contributed by atoms with Crippen molar-refractivity contribution in [3.8, 4) is 0 Å². The molecule has 8 nitrogen and oxygen atoms in total. The normalized spacial score (nSPS) is 19.8. The van der Waals surface area contributed by atoms with Gasteiger partial charge in [0, 0.05) is 6.04 Å². The SMILES string of the molecule is CCOC(=O)c1ccc(N2C(=O)CC(N(C3CCCC3)S(=O)(=O)c3cccs3)C2=O)cc1. The molecule has 32 heavy (non-hydrogen) atoms. The van der Waals surface area contributed by atoms with Crippen molar-refractivity contribution in [1.29, 1.82) is 0 Å². The third-order valence-corrected chi connectivity index (χ3v) is 9.11. The van der Waals surface area contributed by atoms with Gasteiger partial charge in [-0.2, -0.15) is 4.31 Å². The van der Waals surface area contributed by atoms with Crippen LogP contribution in [-0.4, -0.2) is 49.2 Å². The zero-order valence-corrected chi connectivity index (χ0v) is 19.2. The molecule has 2 heterocycles. The summed E-state index contributed by atoms with van der Waals surface area (Å²) in [6.07, 6.45) is 2.89. The molecule has 0 spiro atoms. The molecule has 2 amide bonds. The highest BCUT2D eigenvalue weighted by atomic mass is 32.2. The molecule has 1 saturated heterocycles. The van der Waals surface area contributed by atoms with Gasteiger partial charge in [-0.15, -0.1) is 11.3 Å². The number of amides is 2. The van der Waals surface area contributed by atoms with Crippen molar-refractivity contribution in [2.75, 3.05) is 11.5 Å². The highest BCUT2D eigenvalue weighted by Crippen LogP contribution is 2.36. The van der Waals surface area contributed by atoms with Gasteiger partial charge in [0.05, 0.1) is 24.3 Å². The van der Waals surface area contributed by atoms with Crippen molar-refractivity contribution in [2.45, 2.75) is 55.3 Å². The Morgan fingerprint density at radius 1 is 1.16 bits per heavy atom. The average Bonchev–Trinajstić information content (AvgIpc) is 3.52. The van der Waals surface area contributed by atoms with Gasteiger partial charge in [0.15, 0.2) is 0 Å². The lowest BCUT2D eigenvalue weighted by molar-refractivity contribution is -0.122. The maximum absolute atomic E-state index is 13.4. The molecule has 1 atom stereocenters. The Morgan fingerprint density at radius 2 is 1.84 bits per heavy atom. The molecule has 1 aliphatic heterocycles. The number of benzene rings is 1. The van der Waals surface area contributed by atoms with Crippen LogP contribution in [-0.2, 0) is 24.3 Å². The largest absolute Gasteiger partial charge is 0.462 e. The molecule has 10 heteroatoms. The van der Waals surface area contributed by atoms with Crippen LogP contribution in [0.3, 0.4) is 0 Å². The molecule has 170 valence electrons. The predicted octanol–water partition coefficient (Wildman–Crippen LogP) is 3.19. The van der Waals surface area contributed by atoms with Gasteiger partial charge in [0.2, 0.25) is 5.91 Å². The van der Waals surface area contributed by atoms with E-state index in [4.69, 9.17) is 4.74 Å². The van der Waals surface area contributed by atoms with E-state index in [9.17, 15) is 22.8 Å². The second kappa shape index (κ2) is 9.13. The molecule has 0 bridgehead atoms. The second-order valence-corrected chi connectivity index (χ2v) is 10.8. The fourth-order valence-electron chi connectivity index (χ4n) is 4.34. The molecule has 0 N–H and O–H groups in total. The number of carbonyl (C=O) groups excluding carboxylic acids is 3. The smallest absolute Gasteiger partial charge is 0.338 e. The maximum atomic E-state index is 13.4. The van der Waals surface area contributed by atoms with Crippen molar-refractivity contribution >= 4 is 44.8 Å². The van der Waals surface area contributed by atoms with Crippen LogP contribution in [0.2, 0.25) is 0 Å². The van der Waals surface area contributed by atoms with E-state index in [1.807, 2.05) is 0 Å². The molecule has 1 aromatic heterocycles. The molecule has 2 aliphatic rings. The van der Waals surface area contributed by atoms with E-state index < -0.39 is 33.8 Å². The Balaban J connectivity index is 1.64. The monoisotopic (exact) mass is 476 g/mol. The van der Waals surface area contributed by atoms with E-state index in [1.54, 1.807) is 18.4 Å². The van der Waals surface area contributed by atoms with Crippen LogP contribution in [0.25, 0.3) is 0 Å². The summed E-state index contributed by atoms with van der Waals surface area (Å²) in [4.78, 5) is 39.1. The Kier molecular flexibility index (Phi) is 6.45. The molecule has 1 aliphatic carbocycles. The van der Waals surface area contributed by atoms with Crippen LogP contribution >= 0.6 is 11.3 Å². The number of hydrogen-bond donors (Lipinski definition) is 0. The Labute approximate surface area is 190 Å². The highest BCUT2D eigenvalue weighted by Gasteiger charge is 2.50. The van der Waals surface area contributed by atoms with Gasteiger partial charge in [-0.3, -0.25) is 9.59 Å². The van der Waals surface area contributed by atoms with E-state index in [0.717, 1.165) is 29.1 Å². The van der Waals surface area contributed by atoms with Crippen molar-refractivity contribution in [2.24, 2.45) is 0 Å². The summed E-state index contributed by atoms with van der Waals surface area (Å²) in [7, 11) is -3.92. The summed E-state index contributed by atoms with van der Waals surface area (Å²) < 4.78 is 33.3. The lowest BCUT2D eigenvalue weighted by Crippen LogP contribution is -2.49. The number of hydrogen-bond acceptors (Lipinski definition) is 7. The van der Waals surface area contributed by atoms with Crippen LogP contribution < -0.4 is 4.90 Å². The number of imide groups is 1. The van der Waals surface area contributed by atoms with Crippen LogP contribution in [0.15, 0.2) is 46.0 Å². The summed E-state index contributed by atoms with van der Waals surface area (Å²) in [5, 5.41) is 1.68. The van der Waals surface area contributed by atoms with E-state index in [0.29, 0.717) is 24.1 Å². The Bertz CT molecular complexity index is 1110. The first-order chi connectivity index (χ1) is 15.3. The van der Waals surface area contributed by atoms with Gasteiger partial charge in [0.25, 0.3) is 15.9 Å². The number of nitrogens with zero attached hydrogens (tertiary/aromatic N) is 2. The summed E-state index contributed by atoms with van der Waals surface area (Å²) in [6.45, 7) is 1.94. The molecular formula is C22H24N2O6S2. The number of esters is 1. The van der Waals surface area contributed by atoms with Crippen molar-refractivity contribution in [1.82, 2.24) is 4.31 Å². The minimum absolute atomic E-state index is 0.168. The molecule has 2 aromatic rings. The molecule has 0 radical (unpaired) electrons. The van der Waals surface area contributed by atoms with Gasteiger partial charge >= 0.3 is 5.97 Å². The zero-order valence-electron chi connectivity index (χ0n) is 17.6. The first-order valence-corrected chi connectivity index (χ1v) is 12.9. The Morgan fingerprint density at radius 3 is 2.44 bits per heavy atom. The summed E-state index contributed by atoms with van der Waals surface area (Å²) in [6, 6.07) is 7.75. The third-order valence-electron chi connectivity index (χ3n) is 5.78. The van der Waals surface area contributed by atoms with E-state index in [1.165, 1.54) is 34.6 Å². The minimum atomic E-state index is -3.92. The van der Waals surface area contributed by atoms with Crippen molar-refractivity contribution < 1.29 is 27.5 Å². The summed E-state index contributed by atoms with van der Waals surface area (Å²) in [5.74, 6) is -1.52.